The summed E-state index contributed by atoms with van der Waals surface area (Å²) in [7, 11) is 1.35. The molecule has 0 saturated carbocycles. The average Bonchev–Trinajstić information content (AvgIpc) is 2.36. The summed E-state index contributed by atoms with van der Waals surface area (Å²) in [5.41, 5.74) is 1.59. The van der Waals surface area contributed by atoms with E-state index in [1.165, 1.54) is 14.0 Å². The van der Waals surface area contributed by atoms with Crippen LogP contribution in [0.15, 0.2) is 24.3 Å². The van der Waals surface area contributed by atoms with Crippen LogP contribution in [0.4, 0.5) is 0 Å². The Bertz CT molecular complexity index is 497. The normalized spacial score (nSPS) is 9.00. The highest BCUT2D eigenvalue weighted by Gasteiger charge is 2.05. The minimum absolute atomic E-state index is 0.118. The van der Waals surface area contributed by atoms with E-state index in [0.29, 0.717) is 6.54 Å². The van der Waals surface area contributed by atoms with Crippen molar-refractivity contribution < 1.29 is 14.3 Å². The minimum atomic E-state index is -0.300. The van der Waals surface area contributed by atoms with E-state index >= 15 is 0 Å². The summed E-state index contributed by atoms with van der Waals surface area (Å²) in [5, 5.41) is 2.58. The number of rotatable bonds is 3. The van der Waals surface area contributed by atoms with Crippen LogP contribution in [0.2, 0.25) is 0 Å². The molecule has 0 atom stereocenters. The Morgan fingerprint density at radius 3 is 2.72 bits per heavy atom. The van der Waals surface area contributed by atoms with Gasteiger partial charge in [0.05, 0.1) is 20.1 Å². The number of hydrogen-bond donors (Lipinski definition) is 1. The molecular formula is C14H15NO3. The SMILES string of the molecule is COC(=O)Cc1ccccc1C#CCNC(C)=O. The summed E-state index contributed by atoms with van der Waals surface area (Å²) >= 11 is 0. The molecule has 0 aliphatic heterocycles. The van der Waals surface area contributed by atoms with E-state index in [1.807, 2.05) is 24.3 Å². The molecule has 0 aromatic heterocycles. The van der Waals surface area contributed by atoms with Crippen molar-refractivity contribution in [1.29, 1.82) is 0 Å². The smallest absolute Gasteiger partial charge is 0.310 e. The highest BCUT2D eigenvalue weighted by atomic mass is 16.5. The summed E-state index contributed by atoms with van der Waals surface area (Å²) in [6.07, 6.45) is 0.196. The highest BCUT2D eigenvalue weighted by Crippen LogP contribution is 2.08. The molecule has 94 valence electrons. The van der Waals surface area contributed by atoms with Gasteiger partial charge in [-0.1, -0.05) is 30.0 Å². The van der Waals surface area contributed by atoms with E-state index in [9.17, 15) is 9.59 Å². The number of esters is 1. The van der Waals surface area contributed by atoms with Crippen molar-refractivity contribution in [3.05, 3.63) is 35.4 Å². The van der Waals surface area contributed by atoms with Crippen LogP contribution < -0.4 is 5.32 Å². The molecule has 0 unspecified atom stereocenters. The van der Waals surface area contributed by atoms with Gasteiger partial charge in [0.15, 0.2) is 0 Å². The second kappa shape index (κ2) is 7.13. The van der Waals surface area contributed by atoms with E-state index in [-0.39, 0.29) is 18.3 Å². The molecule has 0 bridgehead atoms. The largest absolute Gasteiger partial charge is 0.469 e. The molecule has 0 heterocycles. The minimum Gasteiger partial charge on any atom is -0.469 e. The molecule has 0 aliphatic rings. The molecule has 0 fully saturated rings. The number of nitrogens with one attached hydrogen (secondary N) is 1. The molecule has 1 aromatic rings. The third-order valence-electron chi connectivity index (χ3n) is 2.23. The van der Waals surface area contributed by atoms with E-state index in [2.05, 4.69) is 21.9 Å². The van der Waals surface area contributed by atoms with Crippen LogP contribution in [0.25, 0.3) is 0 Å². The van der Waals surface area contributed by atoms with Crippen molar-refractivity contribution in [2.75, 3.05) is 13.7 Å². The number of carbonyl (C=O) groups excluding carboxylic acids is 2. The molecule has 0 saturated heterocycles. The number of methoxy groups -OCH3 is 1. The second-order valence-corrected chi connectivity index (χ2v) is 3.62. The molecule has 0 radical (unpaired) electrons. The summed E-state index contributed by atoms with van der Waals surface area (Å²) < 4.78 is 4.62. The number of benzene rings is 1. The first-order valence-electron chi connectivity index (χ1n) is 5.51. The van der Waals surface area contributed by atoms with Crippen LogP contribution in [-0.4, -0.2) is 25.5 Å². The van der Waals surface area contributed by atoms with Gasteiger partial charge >= 0.3 is 5.97 Å². The lowest BCUT2D eigenvalue weighted by Gasteiger charge is -2.02. The van der Waals surface area contributed by atoms with Crippen molar-refractivity contribution in [3.63, 3.8) is 0 Å². The average molecular weight is 245 g/mol. The molecule has 1 amide bonds. The van der Waals surface area contributed by atoms with Gasteiger partial charge < -0.3 is 10.1 Å². The molecule has 4 nitrogen and oxygen atoms in total. The van der Waals surface area contributed by atoms with Crippen LogP contribution in [0.3, 0.4) is 0 Å². The van der Waals surface area contributed by atoms with Crippen LogP contribution in [0.1, 0.15) is 18.1 Å². The van der Waals surface area contributed by atoms with Crippen LogP contribution in [0.5, 0.6) is 0 Å². The van der Waals surface area contributed by atoms with E-state index in [4.69, 9.17) is 0 Å². The van der Waals surface area contributed by atoms with Crippen molar-refractivity contribution in [2.45, 2.75) is 13.3 Å². The molecule has 1 N–H and O–H groups in total. The maximum Gasteiger partial charge on any atom is 0.310 e. The van der Waals surface area contributed by atoms with Gasteiger partial charge in [-0.05, 0) is 11.6 Å². The third kappa shape index (κ3) is 4.71. The third-order valence-corrected chi connectivity index (χ3v) is 2.23. The lowest BCUT2D eigenvalue weighted by Crippen LogP contribution is -2.19. The Labute approximate surface area is 106 Å². The Balaban J connectivity index is 2.75. The van der Waals surface area contributed by atoms with Crippen molar-refractivity contribution in [1.82, 2.24) is 5.32 Å². The molecular weight excluding hydrogens is 230 g/mol. The number of ether oxygens (including phenoxy) is 1. The van der Waals surface area contributed by atoms with E-state index < -0.39 is 0 Å². The zero-order chi connectivity index (χ0) is 13.4. The fraction of sp³-hybridized carbons (Fsp3) is 0.286. The number of carbonyl (C=O) groups is 2. The Morgan fingerprint density at radius 2 is 2.06 bits per heavy atom. The summed E-state index contributed by atoms with van der Waals surface area (Å²) in [6.45, 7) is 1.73. The molecule has 0 spiro atoms. The van der Waals surface area contributed by atoms with Crippen molar-refractivity contribution in [2.24, 2.45) is 0 Å². The zero-order valence-electron chi connectivity index (χ0n) is 10.4. The first-order chi connectivity index (χ1) is 8.63. The van der Waals surface area contributed by atoms with Gasteiger partial charge in [0.25, 0.3) is 0 Å². The van der Waals surface area contributed by atoms with Crippen molar-refractivity contribution >= 4 is 11.9 Å². The highest BCUT2D eigenvalue weighted by molar-refractivity contribution is 5.74. The van der Waals surface area contributed by atoms with E-state index in [0.717, 1.165) is 11.1 Å². The summed E-state index contributed by atoms with van der Waals surface area (Å²) in [5.74, 6) is 5.34. The van der Waals surface area contributed by atoms with E-state index in [1.54, 1.807) is 0 Å². The zero-order valence-corrected chi connectivity index (χ0v) is 10.4. The summed E-state index contributed by atoms with van der Waals surface area (Å²) in [6, 6.07) is 7.36. The predicted octanol–water partition coefficient (Wildman–Crippen LogP) is 0.890. The number of amides is 1. The first-order valence-corrected chi connectivity index (χ1v) is 5.51. The Morgan fingerprint density at radius 1 is 1.33 bits per heavy atom. The molecule has 4 heteroatoms. The monoisotopic (exact) mass is 245 g/mol. The molecule has 0 aliphatic carbocycles. The van der Waals surface area contributed by atoms with Crippen molar-refractivity contribution in [3.8, 4) is 11.8 Å². The number of hydrogen-bond acceptors (Lipinski definition) is 3. The maximum absolute atomic E-state index is 11.2. The lowest BCUT2D eigenvalue weighted by atomic mass is 10.1. The van der Waals surface area contributed by atoms with Gasteiger partial charge in [-0.2, -0.15) is 0 Å². The molecule has 18 heavy (non-hydrogen) atoms. The van der Waals surface area contributed by atoms with Gasteiger partial charge in [-0.15, -0.1) is 0 Å². The van der Waals surface area contributed by atoms with Gasteiger partial charge in [0, 0.05) is 12.5 Å². The fourth-order valence-electron chi connectivity index (χ4n) is 1.33. The summed E-state index contributed by atoms with van der Waals surface area (Å²) in [4.78, 5) is 21.9. The van der Waals surface area contributed by atoms with Crippen LogP contribution in [0, 0.1) is 11.8 Å². The molecule has 1 rings (SSSR count). The van der Waals surface area contributed by atoms with Gasteiger partial charge in [0.1, 0.15) is 0 Å². The lowest BCUT2D eigenvalue weighted by molar-refractivity contribution is -0.139. The second-order valence-electron chi connectivity index (χ2n) is 3.62. The van der Waals surface area contributed by atoms with Crippen LogP contribution in [-0.2, 0) is 20.7 Å². The first kappa shape index (κ1) is 13.8. The Hall–Kier alpha value is -2.28. The predicted molar refractivity (Wildman–Crippen MR) is 67.7 cm³/mol. The Kier molecular flexibility index (Phi) is 5.46. The molecule has 1 aromatic carbocycles. The standard InChI is InChI=1S/C14H15NO3/c1-11(16)15-9-5-8-12-6-3-4-7-13(12)10-14(17)18-2/h3-4,6-7H,9-10H2,1-2H3,(H,15,16). The van der Waals surface area contributed by atoms with Crippen LogP contribution >= 0.6 is 0 Å². The van der Waals surface area contributed by atoms with Gasteiger partial charge in [0.2, 0.25) is 5.91 Å². The van der Waals surface area contributed by atoms with Gasteiger partial charge in [-0.25, -0.2) is 0 Å². The maximum atomic E-state index is 11.2. The quantitative estimate of drug-likeness (QED) is 0.635. The fourth-order valence-corrected chi connectivity index (χ4v) is 1.33. The van der Waals surface area contributed by atoms with Gasteiger partial charge in [-0.3, -0.25) is 9.59 Å². The topological polar surface area (TPSA) is 55.4 Å².